The van der Waals surface area contributed by atoms with Crippen molar-refractivity contribution in [2.75, 3.05) is 0 Å². The van der Waals surface area contributed by atoms with Gasteiger partial charge in [-0.2, -0.15) is 0 Å². The second-order valence-electron chi connectivity index (χ2n) is 3.78. The number of phenolic OH excluding ortho intramolecular Hbond substituents is 1. The Morgan fingerprint density at radius 3 is 1.48 bits per heavy atom. The van der Waals surface area contributed by atoms with Crippen molar-refractivity contribution >= 4 is 18.1 Å². The number of hydrogen-bond acceptors (Lipinski definition) is 4. The number of benzene rings is 2. The molecule has 0 aromatic heterocycles. The normalized spacial score (nSPS) is 8.52. The Kier molecular flexibility index (Phi) is 8.64. The van der Waals surface area contributed by atoms with E-state index in [1.807, 2.05) is 6.07 Å². The molecule has 0 saturated carbocycles. The summed E-state index contributed by atoms with van der Waals surface area (Å²) < 4.78 is 0. The quantitative estimate of drug-likeness (QED) is 0.529. The molecule has 0 radical (unpaired) electrons. The van der Waals surface area contributed by atoms with Gasteiger partial charge in [-0.3, -0.25) is 4.79 Å². The van der Waals surface area contributed by atoms with Gasteiger partial charge in [0.2, 0.25) is 0 Å². The molecule has 2 aromatic rings. The van der Waals surface area contributed by atoms with Crippen LogP contribution in [0.1, 0.15) is 15.9 Å². The van der Waals surface area contributed by atoms with Crippen LogP contribution in [-0.2, 0) is 0 Å². The van der Waals surface area contributed by atoms with Gasteiger partial charge in [0, 0.05) is 5.56 Å². The largest absolute Gasteiger partial charge is 0.507 e. The van der Waals surface area contributed by atoms with Crippen LogP contribution in [0.3, 0.4) is 0 Å². The Balaban J connectivity index is 0.000000509. The van der Waals surface area contributed by atoms with E-state index >= 15 is 0 Å². The minimum atomic E-state index is -1.83. The van der Waals surface area contributed by atoms with Crippen LogP contribution in [0.2, 0.25) is 0 Å². The highest BCUT2D eigenvalue weighted by Gasteiger charge is 2.11. The number of carboxylic acid groups (broad SMARTS) is 4. The Hall–Kier alpha value is -3.55. The van der Waals surface area contributed by atoms with Crippen LogP contribution in [0.25, 0.3) is 0 Å². The number of aromatic hydroxyl groups is 1. The molecule has 0 spiro atoms. The van der Waals surface area contributed by atoms with Crippen LogP contribution in [-0.4, -0.2) is 43.6 Å². The molecule has 8 nitrogen and oxygen atoms in total. The molecule has 0 atom stereocenters. The molecule has 0 saturated heterocycles. The van der Waals surface area contributed by atoms with Crippen molar-refractivity contribution in [2.24, 2.45) is 0 Å². The van der Waals surface area contributed by atoms with Crippen molar-refractivity contribution in [1.82, 2.24) is 0 Å². The first-order chi connectivity index (χ1) is 10.8. The van der Waals surface area contributed by atoms with Crippen molar-refractivity contribution in [3.63, 3.8) is 0 Å². The molecule has 23 heavy (non-hydrogen) atoms. The van der Waals surface area contributed by atoms with Crippen LogP contribution in [0, 0.1) is 0 Å². The van der Waals surface area contributed by atoms with E-state index in [0.29, 0.717) is 11.1 Å². The SMILES string of the molecule is O=C(O)O.O=C(O)O.O=C(c1ccccc1)c1ccccc1O. The van der Waals surface area contributed by atoms with Crippen molar-refractivity contribution in [3.8, 4) is 5.75 Å². The minimum Gasteiger partial charge on any atom is -0.507 e. The van der Waals surface area contributed by atoms with Crippen LogP contribution < -0.4 is 0 Å². The summed E-state index contributed by atoms with van der Waals surface area (Å²) in [6.45, 7) is 0. The summed E-state index contributed by atoms with van der Waals surface area (Å²) in [4.78, 5) is 29.0. The van der Waals surface area contributed by atoms with E-state index in [1.165, 1.54) is 6.07 Å². The first-order valence-electron chi connectivity index (χ1n) is 5.97. The molecule has 2 rings (SSSR count). The Bertz CT molecular complexity index is 632. The summed E-state index contributed by atoms with van der Waals surface area (Å²) in [6.07, 6.45) is -3.67. The molecule has 0 aliphatic heterocycles. The molecular weight excluding hydrogens is 308 g/mol. The molecule has 0 aliphatic rings. The summed E-state index contributed by atoms with van der Waals surface area (Å²) >= 11 is 0. The van der Waals surface area contributed by atoms with Gasteiger partial charge in [-0.25, -0.2) is 9.59 Å². The van der Waals surface area contributed by atoms with E-state index in [2.05, 4.69) is 0 Å². The van der Waals surface area contributed by atoms with Gasteiger partial charge in [0.25, 0.3) is 0 Å². The fourth-order valence-electron chi connectivity index (χ4n) is 1.41. The maximum absolute atomic E-state index is 11.9. The lowest BCUT2D eigenvalue weighted by atomic mass is 10.0. The standard InChI is InChI=1S/C13H10O2.2CH2O3/c14-12-9-5-4-8-11(12)13(15)10-6-2-1-3-7-10;2*2-1(3)4/h1-9,14H;2*(H2,2,3,4). The number of ketones is 1. The molecule has 0 bridgehead atoms. The zero-order valence-corrected chi connectivity index (χ0v) is 11.7. The third-order valence-corrected chi connectivity index (χ3v) is 2.18. The van der Waals surface area contributed by atoms with Crippen LogP contribution in [0.5, 0.6) is 5.75 Å². The van der Waals surface area contributed by atoms with E-state index in [9.17, 15) is 9.90 Å². The zero-order valence-electron chi connectivity index (χ0n) is 11.7. The topological polar surface area (TPSA) is 152 Å². The second-order valence-corrected chi connectivity index (χ2v) is 3.78. The lowest BCUT2D eigenvalue weighted by Crippen LogP contribution is -2.00. The van der Waals surface area contributed by atoms with Gasteiger partial charge in [-0.1, -0.05) is 42.5 Å². The molecular formula is C15H14O8. The number of para-hydroxylation sites is 1. The van der Waals surface area contributed by atoms with Gasteiger partial charge >= 0.3 is 12.3 Å². The van der Waals surface area contributed by atoms with Gasteiger partial charge in [0.15, 0.2) is 5.78 Å². The summed E-state index contributed by atoms with van der Waals surface area (Å²) in [5.41, 5.74) is 0.919. The van der Waals surface area contributed by atoms with Crippen LogP contribution in [0.4, 0.5) is 9.59 Å². The highest BCUT2D eigenvalue weighted by Crippen LogP contribution is 2.19. The molecule has 0 heterocycles. The van der Waals surface area contributed by atoms with E-state index < -0.39 is 12.3 Å². The molecule has 122 valence electrons. The fourth-order valence-corrected chi connectivity index (χ4v) is 1.41. The van der Waals surface area contributed by atoms with Crippen molar-refractivity contribution in [3.05, 3.63) is 65.7 Å². The van der Waals surface area contributed by atoms with Crippen molar-refractivity contribution in [1.29, 1.82) is 0 Å². The lowest BCUT2D eigenvalue weighted by Gasteiger charge is -2.02. The number of rotatable bonds is 2. The lowest BCUT2D eigenvalue weighted by molar-refractivity contribution is 0.103. The molecule has 0 amide bonds. The minimum absolute atomic E-state index is 0.0198. The van der Waals surface area contributed by atoms with Gasteiger partial charge in [0.1, 0.15) is 5.75 Å². The Morgan fingerprint density at radius 2 is 1.04 bits per heavy atom. The van der Waals surface area contributed by atoms with E-state index in [1.54, 1.807) is 42.5 Å². The summed E-state index contributed by atoms with van der Waals surface area (Å²) in [5.74, 6) is -0.139. The molecule has 0 fully saturated rings. The molecule has 8 heteroatoms. The number of carbonyl (C=O) groups is 3. The number of hydrogen-bond donors (Lipinski definition) is 5. The molecule has 0 aliphatic carbocycles. The predicted molar refractivity (Wildman–Crippen MR) is 79.3 cm³/mol. The van der Waals surface area contributed by atoms with Crippen LogP contribution >= 0.6 is 0 Å². The third kappa shape index (κ3) is 9.08. The average molecular weight is 322 g/mol. The maximum Gasteiger partial charge on any atom is 0.503 e. The van der Waals surface area contributed by atoms with Gasteiger partial charge in [-0.05, 0) is 12.1 Å². The van der Waals surface area contributed by atoms with E-state index in [-0.39, 0.29) is 11.5 Å². The monoisotopic (exact) mass is 322 g/mol. The number of phenols is 1. The highest BCUT2D eigenvalue weighted by molar-refractivity contribution is 6.10. The average Bonchev–Trinajstić information content (AvgIpc) is 2.47. The molecule has 2 aromatic carbocycles. The van der Waals surface area contributed by atoms with Crippen molar-refractivity contribution < 1.29 is 39.9 Å². The predicted octanol–water partition coefficient (Wildman–Crippen LogP) is 3.07. The first kappa shape index (κ1) is 19.5. The summed E-state index contributed by atoms with van der Waals surface area (Å²) in [5, 5.41) is 37.4. The van der Waals surface area contributed by atoms with E-state index in [4.69, 9.17) is 30.0 Å². The smallest absolute Gasteiger partial charge is 0.503 e. The Morgan fingerprint density at radius 1 is 0.652 bits per heavy atom. The Labute approximate surface area is 130 Å². The van der Waals surface area contributed by atoms with Gasteiger partial charge < -0.3 is 25.5 Å². The van der Waals surface area contributed by atoms with E-state index in [0.717, 1.165) is 0 Å². The zero-order chi connectivity index (χ0) is 17.8. The molecule has 0 unspecified atom stereocenters. The van der Waals surface area contributed by atoms with Crippen LogP contribution in [0.15, 0.2) is 54.6 Å². The third-order valence-electron chi connectivity index (χ3n) is 2.18. The summed E-state index contributed by atoms with van der Waals surface area (Å²) in [7, 11) is 0. The van der Waals surface area contributed by atoms with Gasteiger partial charge in [-0.15, -0.1) is 0 Å². The van der Waals surface area contributed by atoms with Gasteiger partial charge in [0.05, 0.1) is 5.56 Å². The molecule has 5 N–H and O–H groups in total. The van der Waals surface area contributed by atoms with Crippen molar-refractivity contribution in [2.45, 2.75) is 0 Å². The fraction of sp³-hybridized carbons (Fsp3) is 0. The number of carbonyl (C=O) groups excluding carboxylic acids is 1. The second kappa shape index (κ2) is 10.2. The maximum atomic E-state index is 11.9. The first-order valence-corrected chi connectivity index (χ1v) is 5.97. The summed E-state index contributed by atoms with van der Waals surface area (Å²) in [6, 6.07) is 15.5. The highest BCUT2D eigenvalue weighted by atomic mass is 16.6.